The van der Waals surface area contributed by atoms with Gasteiger partial charge in [0.05, 0.1) is 32.0 Å². The molecule has 7 heteroatoms. The van der Waals surface area contributed by atoms with Crippen LogP contribution in [0.15, 0.2) is 55.4 Å². The van der Waals surface area contributed by atoms with Gasteiger partial charge in [-0.15, -0.1) is 0 Å². The van der Waals surface area contributed by atoms with Crippen molar-refractivity contribution in [1.82, 2.24) is 24.1 Å². The van der Waals surface area contributed by atoms with Gasteiger partial charge >= 0.3 is 5.97 Å². The van der Waals surface area contributed by atoms with E-state index in [0.29, 0.717) is 12.2 Å². The van der Waals surface area contributed by atoms with Gasteiger partial charge in [0.2, 0.25) is 0 Å². The molecule has 4 aromatic rings. The van der Waals surface area contributed by atoms with E-state index in [0.717, 1.165) is 41.6 Å². The summed E-state index contributed by atoms with van der Waals surface area (Å²) in [4.78, 5) is 20.6. The number of unbranched alkanes of at least 4 members (excludes halogenated alkanes) is 1. The van der Waals surface area contributed by atoms with Crippen molar-refractivity contribution in [1.29, 1.82) is 0 Å². The topological polar surface area (TPSA) is 74.3 Å². The molecule has 4 rings (SSSR count). The molecule has 4 heterocycles. The standard InChI is InChI=1S/C23H25N5O2/c1-3-4-6-17-9-21(23-26-20(10-22(29)30-2)16-27(23)13-17)19-12-25-28(15-19)14-18-7-5-8-24-11-18/h5,7-9,11-13,15-16H,3-4,6,10,14H2,1-2H3. The van der Waals surface area contributed by atoms with Gasteiger partial charge in [0.1, 0.15) is 5.65 Å². The monoisotopic (exact) mass is 403 g/mol. The molecule has 4 aromatic heterocycles. The second-order valence-corrected chi connectivity index (χ2v) is 7.37. The van der Waals surface area contributed by atoms with Crippen LogP contribution < -0.4 is 0 Å². The van der Waals surface area contributed by atoms with Crippen molar-refractivity contribution in [3.8, 4) is 11.1 Å². The Labute approximate surface area is 175 Å². The largest absolute Gasteiger partial charge is 0.469 e. The predicted octanol–water partition coefficient (Wildman–Crippen LogP) is 3.70. The summed E-state index contributed by atoms with van der Waals surface area (Å²) in [7, 11) is 1.39. The average Bonchev–Trinajstić information content (AvgIpc) is 3.38. The number of esters is 1. The van der Waals surface area contributed by atoms with Gasteiger partial charge in [0, 0.05) is 42.1 Å². The van der Waals surface area contributed by atoms with Gasteiger partial charge in [0.15, 0.2) is 0 Å². The van der Waals surface area contributed by atoms with Crippen LogP contribution in [0.2, 0.25) is 0 Å². The van der Waals surface area contributed by atoms with Crippen LogP contribution in [0, 0.1) is 0 Å². The van der Waals surface area contributed by atoms with Crippen molar-refractivity contribution in [2.75, 3.05) is 7.11 Å². The highest BCUT2D eigenvalue weighted by Crippen LogP contribution is 2.26. The number of nitrogens with zero attached hydrogens (tertiary/aromatic N) is 5. The number of rotatable bonds is 8. The molecule has 0 bridgehead atoms. The lowest BCUT2D eigenvalue weighted by Crippen LogP contribution is -2.04. The van der Waals surface area contributed by atoms with Gasteiger partial charge in [-0.1, -0.05) is 19.4 Å². The van der Waals surface area contributed by atoms with Crippen molar-refractivity contribution < 1.29 is 9.53 Å². The average molecular weight is 403 g/mol. The number of carbonyl (C=O) groups is 1. The number of imidazole rings is 1. The number of ether oxygens (including phenoxy) is 1. The molecule has 0 N–H and O–H groups in total. The summed E-state index contributed by atoms with van der Waals surface area (Å²) < 4.78 is 8.71. The summed E-state index contributed by atoms with van der Waals surface area (Å²) in [6, 6.07) is 6.14. The maximum absolute atomic E-state index is 11.7. The molecule has 0 unspecified atom stereocenters. The molecule has 0 aliphatic carbocycles. The van der Waals surface area contributed by atoms with Gasteiger partial charge in [-0.3, -0.25) is 14.5 Å². The third kappa shape index (κ3) is 4.40. The van der Waals surface area contributed by atoms with Crippen LogP contribution in [-0.4, -0.2) is 37.2 Å². The smallest absolute Gasteiger partial charge is 0.311 e. The summed E-state index contributed by atoms with van der Waals surface area (Å²) in [5, 5.41) is 4.53. The number of hydrogen-bond donors (Lipinski definition) is 0. The van der Waals surface area contributed by atoms with Crippen LogP contribution in [0.5, 0.6) is 0 Å². The molecule has 0 aliphatic heterocycles. The number of aryl methyl sites for hydroxylation is 1. The molecular weight excluding hydrogens is 378 g/mol. The van der Waals surface area contributed by atoms with Crippen LogP contribution in [0.25, 0.3) is 16.8 Å². The first-order valence-corrected chi connectivity index (χ1v) is 10.2. The van der Waals surface area contributed by atoms with E-state index in [-0.39, 0.29) is 12.4 Å². The molecule has 0 saturated carbocycles. The first-order chi connectivity index (χ1) is 14.7. The minimum atomic E-state index is -0.296. The highest BCUT2D eigenvalue weighted by molar-refractivity contribution is 5.78. The zero-order chi connectivity index (χ0) is 20.9. The molecule has 0 atom stereocenters. The second kappa shape index (κ2) is 8.90. The molecule has 0 saturated heterocycles. The van der Waals surface area contributed by atoms with E-state index in [1.807, 2.05) is 46.0 Å². The third-order valence-electron chi connectivity index (χ3n) is 5.04. The van der Waals surface area contributed by atoms with E-state index in [4.69, 9.17) is 9.72 Å². The molecule has 30 heavy (non-hydrogen) atoms. The van der Waals surface area contributed by atoms with Crippen LogP contribution in [0.1, 0.15) is 36.6 Å². The molecule has 0 aliphatic rings. The minimum absolute atomic E-state index is 0.155. The SMILES string of the molecule is CCCCc1cc(-c2cnn(Cc3cccnc3)c2)c2nc(CC(=O)OC)cn2c1. The fraction of sp³-hybridized carbons (Fsp3) is 0.304. The summed E-state index contributed by atoms with van der Waals surface area (Å²) in [6.45, 7) is 2.84. The van der Waals surface area contributed by atoms with Gasteiger partial charge in [-0.2, -0.15) is 5.10 Å². The summed E-state index contributed by atoms with van der Waals surface area (Å²) in [6.07, 6.45) is 14.9. The fourth-order valence-electron chi connectivity index (χ4n) is 3.51. The third-order valence-corrected chi connectivity index (χ3v) is 5.04. The highest BCUT2D eigenvalue weighted by atomic mass is 16.5. The van der Waals surface area contributed by atoms with E-state index < -0.39 is 0 Å². The molecule has 0 radical (unpaired) electrons. The normalized spacial score (nSPS) is 11.1. The Hall–Kier alpha value is -3.48. The van der Waals surface area contributed by atoms with E-state index in [2.05, 4.69) is 29.3 Å². The van der Waals surface area contributed by atoms with Crippen molar-refractivity contribution >= 4 is 11.6 Å². The molecule has 0 amide bonds. The number of hydrogen-bond acceptors (Lipinski definition) is 5. The summed E-state index contributed by atoms with van der Waals surface area (Å²) in [5.74, 6) is -0.296. The Morgan fingerprint density at radius 2 is 2.07 bits per heavy atom. The van der Waals surface area contributed by atoms with Crippen molar-refractivity contribution in [3.63, 3.8) is 0 Å². The first kappa shape index (κ1) is 19.8. The summed E-state index contributed by atoms with van der Waals surface area (Å²) >= 11 is 0. The number of pyridine rings is 2. The predicted molar refractivity (Wildman–Crippen MR) is 114 cm³/mol. The number of methoxy groups -OCH3 is 1. The number of carbonyl (C=O) groups excluding carboxylic acids is 1. The number of aromatic nitrogens is 5. The Morgan fingerprint density at radius 3 is 2.83 bits per heavy atom. The Kier molecular flexibility index (Phi) is 5.88. The van der Waals surface area contributed by atoms with E-state index >= 15 is 0 Å². The van der Waals surface area contributed by atoms with Gasteiger partial charge < -0.3 is 9.14 Å². The maximum Gasteiger partial charge on any atom is 0.311 e. The first-order valence-electron chi connectivity index (χ1n) is 10.2. The quantitative estimate of drug-likeness (QED) is 0.420. The van der Waals surface area contributed by atoms with Crippen LogP contribution in [-0.2, 0) is 28.9 Å². The van der Waals surface area contributed by atoms with Gasteiger partial charge in [-0.05, 0) is 36.1 Å². The zero-order valence-electron chi connectivity index (χ0n) is 17.3. The van der Waals surface area contributed by atoms with Crippen molar-refractivity contribution in [3.05, 3.63) is 72.2 Å². The van der Waals surface area contributed by atoms with Gasteiger partial charge in [-0.25, -0.2) is 4.98 Å². The highest BCUT2D eigenvalue weighted by Gasteiger charge is 2.14. The molecule has 0 fully saturated rings. The molecule has 0 aromatic carbocycles. The Morgan fingerprint density at radius 1 is 1.17 bits per heavy atom. The minimum Gasteiger partial charge on any atom is -0.469 e. The zero-order valence-corrected chi connectivity index (χ0v) is 17.3. The van der Waals surface area contributed by atoms with E-state index in [1.54, 1.807) is 6.20 Å². The van der Waals surface area contributed by atoms with Gasteiger partial charge in [0.25, 0.3) is 0 Å². The molecular formula is C23H25N5O2. The summed E-state index contributed by atoms with van der Waals surface area (Å²) in [5.41, 5.74) is 5.85. The van der Waals surface area contributed by atoms with Crippen molar-refractivity contribution in [2.24, 2.45) is 0 Å². The van der Waals surface area contributed by atoms with Crippen molar-refractivity contribution in [2.45, 2.75) is 39.2 Å². The number of fused-ring (bicyclic) bond motifs is 1. The second-order valence-electron chi connectivity index (χ2n) is 7.37. The fourth-order valence-corrected chi connectivity index (χ4v) is 3.51. The lowest BCUT2D eigenvalue weighted by molar-refractivity contribution is -0.139. The lowest BCUT2D eigenvalue weighted by atomic mass is 10.1. The molecule has 0 spiro atoms. The maximum atomic E-state index is 11.7. The van der Waals surface area contributed by atoms with E-state index in [1.165, 1.54) is 12.7 Å². The Bertz CT molecular complexity index is 1150. The molecule has 154 valence electrons. The van der Waals surface area contributed by atoms with Crippen LogP contribution in [0.4, 0.5) is 0 Å². The molecule has 7 nitrogen and oxygen atoms in total. The van der Waals surface area contributed by atoms with Crippen LogP contribution >= 0.6 is 0 Å². The van der Waals surface area contributed by atoms with E-state index in [9.17, 15) is 4.79 Å². The lowest BCUT2D eigenvalue weighted by Gasteiger charge is -2.07. The van der Waals surface area contributed by atoms with Crippen LogP contribution in [0.3, 0.4) is 0 Å². The Balaban J connectivity index is 1.71.